The van der Waals surface area contributed by atoms with Gasteiger partial charge in [-0.3, -0.25) is 4.99 Å². The highest BCUT2D eigenvalue weighted by Crippen LogP contribution is 2.40. The second-order valence-electron chi connectivity index (χ2n) is 7.79. The van der Waals surface area contributed by atoms with Gasteiger partial charge in [0, 0.05) is 28.7 Å². The molecule has 0 saturated carbocycles. The SMILES string of the molecule is C=N/C=C(\SCc1ccc(OC(C)C)c(C#N)c1)c1cccc2c1CCC2NS(=O)CC. The van der Waals surface area contributed by atoms with E-state index in [0.717, 1.165) is 28.9 Å². The molecule has 0 spiro atoms. The minimum Gasteiger partial charge on any atom is -0.490 e. The molecule has 168 valence electrons. The summed E-state index contributed by atoms with van der Waals surface area (Å²) in [5.41, 5.74) is 5.22. The third-order valence-corrected chi connectivity index (χ3v) is 7.39. The van der Waals surface area contributed by atoms with Gasteiger partial charge in [-0.05, 0) is 67.8 Å². The van der Waals surface area contributed by atoms with Crippen molar-refractivity contribution >= 4 is 34.4 Å². The molecule has 2 atom stereocenters. The van der Waals surface area contributed by atoms with Gasteiger partial charge in [-0.15, -0.1) is 11.8 Å². The van der Waals surface area contributed by atoms with Crippen LogP contribution in [0.15, 0.2) is 47.6 Å². The Hall–Kier alpha value is -2.40. The summed E-state index contributed by atoms with van der Waals surface area (Å²) in [6.07, 6.45) is 3.68. The molecule has 32 heavy (non-hydrogen) atoms. The number of thioether (sulfide) groups is 1. The maximum absolute atomic E-state index is 12.0. The lowest BCUT2D eigenvalue weighted by molar-refractivity contribution is 0.241. The van der Waals surface area contributed by atoms with Crippen molar-refractivity contribution in [2.45, 2.75) is 51.5 Å². The minimum atomic E-state index is -1.02. The molecule has 7 heteroatoms. The third-order valence-electron chi connectivity index (χ3n) is 5.20. The van der Waals surface area contributed by atoms with E-state index < -0.39 is 11.0 Å². The summed E-state index contributed by atoms with van der Waals surface area (Å²) in [6, 6.07) is 14.4. The smallest absolute Gasteiger partial charge is 0.137 e. The highest BCUT2D eigenvalue weighted by atomic mass is 32.2. The van der Waals surface area contributed by atoms with Crippen molar-refractivity contribution in [2.24, 2.45) is 4.99 Å². The summed E-state index contributed by atoms with van der Waals surface area (Å²) in [5.74, 6) is 1.91. The fourth-order valence-corrected chi connectivity index (χ4v) is 5.52. The number of rotatable bonds is 10. The first-order valence-corrected chi connectivity index (χ1v) is 13.0. The summed E-state index contributed by atoms with van der Waals surface area (Å²) < 4.78 is 21.0. The Morgan fingerprint density at radius 2 is 2.25 bits per heavy atom. The summed E-state index contributed by atoms with van der Waals surface area (Å²) in [6.45, 7) is 9.47. The molecule has 0 aliphatic heterocycles. The minimum absolute atomic E-state index is 0.0174. The van der Waals surface area contributed by atoms with Crippen molar-refractivity contribution in [3.8, 4) is 11.8 Å². The topological polar surface area (TPSA) is 74.5 Å². The molecule has 2 aromatic rings. The van der Waals surface area contributed by atoms with Crippen LogP contribution in [-0.2, 0) is 23.2 Å². The second kappa shape index (κ2) is 11.5. The predicted molar refractivity (Wildman–Crippen MR) is 135 cm³/mol. The number of hydrogen-bond acceptors (Lipinski definition) is 5. The van der Waals surface area contributed by atoms with Gasteiger partial charge in [0.15, 0.2) is 0 Å². The molecule has 5 nitrogen and oxygen atoms in total. The number of benzene rings is 2. The van der Waals surface area contributed by atoms with Gasteiger partial charge < -0.3 is 4.74 Å². The molecular formula is C25H29N3O2S2. The normalized spacial score (nSPS) is 16.5. The second-order valence-corrected chi connectivity index (χ2v) is 10.3. The summed E-state index contributed by atoms with van der Waals surface area (Å²) in [4.78, 5) is 5.08. The van der Waals surface area contributed by atoms with Crippen molar-refractivity contribution in [3.05, 3.63) is 70.4 Å². The lowest BCUT2D eigenvalue weighted by Crippen LogP contribution is -2.23. The van der Waals surface area contributed by atoms with Crippen molar-refractivity contribution in [1.29, 1.82) is 5.26 Å². The molecule has 1 aliphatic carbocycles. The molecule has 0 bridgehead atoms. The van der Waals surface area contributed by atoms with Crippen molar-refractivity contribution in [2.75, 3.05) is 5.75 Å². The Morgan fingerprint density at radius 3 is 2.94 bits per heavy atom. The lowest BCUT2D eigenvalue weighted by Gasteiger charge is -2.15. The molecule has 2 unspecified atom stereocenters. The fourth-order valence-electron chi connectivity index (χ4n) is 3.79. The standard InChI is InChI=1S/C25H29N3O2S2/c1-5-32(29)28-23-11-10-20-21(23)7-6-8-22(20)25(15-27-4)31-16-18-9-12-24(30-17(2)3)19(13-18)14-26/h6-9,12-13,15,17,23,28H,4-5,10-11,16H2,1-3H3/b25-15-. The monoisotopic (exact) mass is 467 g/mol. The van der Waals surface area contributed by atoms with Gasteiger partial charge in [0.1, 0.15) is 11.8 Å². The van der Waals surface area contributed by atoms with Crippen LogP contribution in [-0.4, -0.2) is 22.8 Å². The molecule has 2 aromatic carbocycles. The van der Waals surface area contributed by atoms with Crippen LogP contribution >= 0.6 is 11.8 Å². The summed E-state index contributed by atoms with van der Waals surface area (Å²) >= 11 is 1.67. The van der Waals surface area contributed by atoms with Crippen LogP contribution in [0.5, 0.6) is 5.75 Å². The van der Waals surface area contributed by atoms with Crippen molar-refractivity contribution < 1.29 is 8.95 Å². The first kappa shape index (κ1) is 24.2. The zero-order valence-corrected chi connectivity index (χ0v) is 20.4. The van der Waals surface area contributed by atoms with Crippen LogP contribution in [0.1, 0.15) is 61.1 Å². The Morgan fingerprint density at radius 1 is 1.44 bits per heavy atom. The average molecular weight is 468 g/mol. The van der Waals surface area contributed by atoms with E-state index in [1.165, 1.54) is 11.1 Å². The van der Waals surface area contributed by atoms with E-state index in [0.29, 0.717) is 22.8 Å². The molecular weight excluding hydrogens is 438 g/mol. The number of aliphatic imine (C=N–C) groups is 1. The predicted octanol–water partition coefficient (Wildman–Crippen LogP) is 5.54. The number of nitrogens with zero attached hydrogens (tertiary/aromatic N) is 2. The molecule has 0 amide bonds. The first-order valence-electron chi connectivity index (χ1n) is 10.7. The van der Waals surface area contributed by atoms with Gasteiger partial charge in [0.2, 0.25) is 0 Å². The van der Waals surface area contributed by atoms with Crippen LogP contribution < -0.4 is 9.46 Å². The Balaban J connectivity index is 1.81. The van der Waals surface area contributed by atoms with Gasteiger partial charge in [-0.25, -0.2) is 8.93 Å². The molecule has 1 aliphatic rings. The Bertz CT molecular complexity index is 1070. The quantitative estimate of drug-likeness (QED) is 0.466. The average Bonchev–Trinajstić information content (AvgIpc) is 3.19. The number of nitriles is 1. The highest BCUT2D eigenvalue weighted by Gasteiger charge is 2.26. The molecule has 0 saturated heterocycles. The van der Waals surface area contributed by atoms with E-state index >= 15 is 0 Å². The number of fused-ring (bicyclic) bond motifs is 1. The Labute approximate surface area is 197 Å². The van der Waals surface area contributed by atoms with E-state index in [4.69, 9.17) is 4.74 Å². The molecule has 0 heterocycles. The maximum Gasteiger partial charge on any atom is 0.137 e. The van der Waals surface area contributed by atoms with Crippen LogP contribution in [0.3, 0.4) is 0 Å². The van der Waals surface area contributed by atoms with Gasteiger partial charge >= 0.3 is 0 Å². The maximum atomic E-state index is 12.0. The van der Waals surface area contributed by atoms with E-state index in [2.05, 4.69) is 34.6 Å². The van der Waals surface area contributed by atoms with Gasteiger partial charge in [0.05, 0.1) is 22.7 Å². The summed E-state index contributed by atoms with van der Waals surface area (Å²) in [7, 11) is -1.02. The van der Waals surface area contributed by atoms with E-state index in [-0.39, 0.29) is 12.1 Å². The lowest BCUT2D eigenvalue weighted by atomic mass is 10.0. The molecule has 3 rings (SSSR count). The van der Waals surface area contributed by atoms with E-state index in [1.54, 1.807) is 18.0 Å². The molecule has 0 radical (unpaired) electrons. The van der Waals surface area contributed by atoms with E-state index in [9.17, 15) is 9.47 Å². The summed E-state index contributed by atoms with van der Waals surface area (Å²) in [5, 5.41) is 9.51. The van der Waals surface area contributed by atoms with Crippen molar-refractivity contribution in [1.82, 2.24) is 4.72 Å². The van der Waals surface area contributed by atoms with Crippen LogP contribution in [0.2, 0.25) is 0 Å². The Kier molecular flexibility index (Phi) is 8.68. The van der Waals surface area contributed by atoms with E-state index in [1.807, 2.05) is 45.0 Å². The van der Waals surface area contributed by atoms with Crippen LogP contribution in [0.4, 0.5) is 0 Å². The number of nitrogens with one attached hydrogen (secondary N) is 1. The van der Waals surface area contributed by atoms with Gasteiger partial charge in [0.25, 0.3) is 0 Å². The number of ether oxygens (including phenoxy) is 1. The third kappa shape index (κ3) is 5.89. The van der Waals surface area contributed by atoms with Gasteiger partial charge in [-0.1, -0.05) is 31.2 Å². The molecule has 0 aromatic heterocycles. The van der Waals surface area contributed by atoms with Crippen molar-refractivity contribution in [3.63, 3.8) is 0 Å². The largest absolute Gasteiger partial charge is 0.490 e. The van der Waals surface area contributed by atoms with Crippen LogP contribution in [0, 0.1) is 11.3 Å². The molecule has 0 fully saturated rings. The van der Waals surface area contributed by atoms with Gasteiger partial charge in [-0.2, -0.15) is 5.26 Å². The highest BCUT2D eigenvalue weighted by molar-refractivity contribution is 8.07. The fraction of sp³-hybridized carbons (Fsp3) is 0.360. The number of hydrogen-bond donors (Lipinski definition) is 1. The van der Waals surface area contributed by atoms with Crippen LogP contribution in [0.25, 0.3) is 4.91 Å². The first-order chi connectivity index (χ1) is 15.5. The zero-order valence-electron chi connectivity index (χ0n) is 18.8. The zero-order chi connectivity index (χ0) is 23.1. The molecule has 1 N–H and O–H groups in total.